The Morgan fingerprint density at radius 1 is 1.08 bits per heavy atom. The summed E-state index contributed by atoms with van der Waals surface area (Å²) in [4.78, 5) is 24.7. The van der Waals surface area contributed by atoms with Gasteiger partial charge in [0.25, 0.3) is 5.91 Å². The zero-order valence-corrected chi connectivity index (χ0v) is 13.6. The number of rotatable bonds is 4. The Bertz CT molecular complexity index is 748. The van der Waals surface area contributed by atoms with Crippen molar-refractivity contribution in [2.45, 2.75) is 0 Å². The van der Waals surface area contributed by atoms with Gasteiger partial charge in [-0.25, -0.2) is 9.97 Å². The molecule has 0 unspecified atom stereocenters. The van der Waals surface area contributed by atoms with Gasteiger partial charge in [-0.2, -0.15) is 0 Å². The monoisotopic (exact) mass is 342 g/mol. The van der Waals surface area contributed by atoms with E-state index in [1.54, 1.807) is 41.6 Å². The van der Waals surface area contributed by atoms with Crippen molar-refractivity contribution in [1.82, 2.24) is 14.9 Å². The third-order valence-electron chi connectivity index (χ3n) is 4.17. The highest BCUT2D eigenvalue weighted by Gasteiger charge is 2.23. The standard InChI is InChI=1S/C17H18N4O4/c22-16(11-23-13-2-3-14-15(10-13)25-12-24-14)20-6-8-21(9-7-20)17-18-4-1-5-19-17/h1-5,10H,6-9,11-12H2. The molecule has 0 saturated carbocycles. The molecule has 2 aliphatic heterocycles. The second kappa shape index (κ2) is 6.84. The number of anilines is 1. The summed E-state index contributed by atoms with van der Waals surface area (Å²) in [5.74, 6) is 2.59. The molecule has 25 heavy (non-hydrogen) atoms. The molecule has 0 aliphatic carbocycles. The van der Waals surface area contributed by atoms with Crippen molar-refractivity contribution in [2.24, 2.45) is 0 Å². The summed E-state index contributed by atoms with van der Waals surface area (Å²) in [6.07, 6.45) is 3.44. The maximum Gasteiger partial charge on any atom is 0.260 e. The molecular weight excluding hydrogens is 324 g/mol. The number of nitrogens with zero attached hydrogens (tertiary/aromatic N) is 4. The number of benzene rings is 1. The van der Waals surface area contributed by atoms with E-state index in [0.29, 0.717) is 49.4 Å². The molecule has 1 aromatic heterocycles. The molecule has 3 heterocycles. The van der Waals surface area contributed by atoms with Gasteiger partial charge >= 0.3 is 0 Å². The molecule has 0 atom stereocenters. The Kier molecular flexibility index (Phi) is 4.24. The molecule has 2 aliphatic rings. The minimum atomic E-state index is -0.0358. The number of fused-ring (bicyclic) bond motifs is 1. The zero-order chi connectivity index (χ0) is 17.1. The van der Waals surface area contributed by atoms with Crippen LogP contribution in [0.3, 0.4) is 0 Å². The molecule has 1 saturated heterocycles. The van der Waals surface area contributed by atoms with Crippen LogP contribution in [0.25, 0.3) is 0 Å². The Balaban J connectivity index is 1.28. The number of amides is 1. The zero-order valence-electron chi connectivity index (χ0n) is 13.6. The highest BCUT2D eigenvalue weighted by atomic mass is 16.7. The average Bonchev–Trinajstić information content (AvgIpc) is 3.15. The summed E-state index contributed by atoms with van der Waals surface area (Å²) in [5, 5.41) is 0. The third-order valence-corrected chi connectivity index (χ3v) is 4.17. The van der Waals surface area contributed by atoms with Crippen LogP contribution >= 0.6 is 0 Å². The fraction of sp³-hybridized carbons (Fsp3) is 0.353. The van der Waals surface area contributed by atoms with E-state index in [1.165, 1.54) is 0 Å². The fourth-order valence-corrected chi connectivity index (χ4v) is 2.81. The van der Waals surface area contributed by atoms with Gasteiger partial charge in [-0.3, -0.25) is 4.79 Å². The molecule has 8 nitrogen and oxygen atoms in total. The van der Waals surface area contributed by atoms with Crippen molar-refractivity contribution < 1.29 is 19.0 Å². The van der Waals surface area contributed by atoms with E-state index in [4.69, 9.17) is 14.2 Å². The molecular formula is C17H18N4O4. The maximum absolute atomic E-state index is 12.3. The minimum Gasteiger partial charge on any atom is -0.484 e. The van der Waals surface area contributed by atoms with Gasteiger partial charge in [0, 0.05) is 44.6 Å². The van der Waals surface area contributed by atoms with Crippen LogP contribution in [0, 0.1) is 0 Å². The smallest absolute Gasteiger partial charge is 0.260 e. The number of hydrogen-bond acceptors (Lipinski definition) is 7. The van der Waals surface area contributed by atoms with Crippen LogP contribution in [-0.2, 0) is 4.79 Å². The summed E-state index contributed by atoms with van der Waals surface area (Å²) in [7, 11) is 0. The average molecular weight is 342 g/mol. The Hall–Kier alpha value is -3.03. The summed E-state index contributed by atoms with van der Waals surface area (Å²) >= 11 is 0. The number of ether oxygens (including phenoxy) is 3. The summed E-state index contributed by atoms with van der Waals surface area (Å²) in [6.45, 7) is 2.89. The van der Waals surface area contributed by atoms with E-state index in [0.717, 1.165) is 0 Å². The fourth-order valence-electron chi connectivity index (χ4n) is 2.81. The predicted octanol–water partition coefficient (Wildman–Crippen LogP) is 0.933. The van der Waals surface area contributed by atoms with Gasteiger partial charge in [0.2, 0.25) is 12.7 Å². The highest BCUT2D eigenvalue weighted by Crippen LogP contribution is 2.35. The topological polar surface area (TPSA) is 77.0 Å². The van der Waals surface area contributed by atoms with Gasteiger partial charge in [0.15, 0.2) is 18.1 Å². The number of carbonyl (C=O) groups is 1. The van der Waals surface area contributed by atoms with Crippen molar-refractivity contribution >= 4 is 11.9 Å². The Morgan fingerprint density at radius 3 is 2.64 bits per heavy atom. The Labute approximate surface area is 144 Å². The van der Waals surface area contributed by atoms with Crippen LogP contribution in [0.5, 0.6) is 17.2 Å². The third kappa shape index (κ3) is 3.42. The van der Waals surface area contributed by atoms with Crippen LogP contribution in [0.15, 0.2) is 36.7 Å². The quantitative estimate of drug-likeness (QED) is 0.818. The number of hydrogen-bond donors (Lipinski definition) is 0. The van der Waals surface area contributed by atoms with Gasteiger partial charge < -0.3 is 24.0 Å². The van der Waals surface area contributed by atoms with Crippen molar-refractivity contribution in [3.63, 3.8) is 0 Å². The first kappa shape index (κ1) is 15.5. The maximum atomic E-state index is 12.3. The first-order chi connectivity index (χ1) is 12.3. The van der Waals surface area contributed by atoms with Crippen molar-refractivity contribution in [3.8, 4) is 17.2 Å². The molecule has 0 radical (unpaired) electrons. The van der Waals surface area contributed by atoms with Gasteiger partial charge in [0.05, 0.1) is 0 Å². The molecule has 8 heteroatoms. The van der Waals surface area contributed by atoms with Crippen molar-refractivity contribution in [3.05, 3.63) is 36.7 Å². The highest BCUT2D eigenvalue weighted by molar-refractivity contribution is 5.78. The normalized spacial score (nSPS) is 16.0. The molecule has 4 rings (SSSR count). The van der Waals surface area contributed by atoms with Crippen LogP contribution in [0.2, 0.25) is 0 Å². The van der Waals surface area contributed by atoms with E-state index in [-0.39, 0.29) is 19.3 Å². The van der Waals surface area contributed by atoms with Crippen LogP contribution in [0.4, 0.5) is 5.95 Å². The lowest BCUT2D eigenvalue weighted by Gasteiger charge is -2.34. The molecule has 0 spiro atoms. The van der Waals surface area contributed by atoms with Crippen LogP contribution in [0.1, 0.15) is 0 Å². The molecule has 0 N–H and O–H groups in total. The van der Waals surface area contributed by atoms with E-state index >= 15 is 0 Å². The van der Waals surface area contributed by atoms with E-state index in [9.17, 15) is 4.79 Å². The van der Waals surface area contributed by atoms with Gasteiger partial charge in [-0.15, -0.1) is 0 Å². The number of piperazine rings is 1. The first-order valence-electron chi connectivity index (χ1n) is 8.12. The first-order valence-corrected chi connectivity index (χ1v) is 8.12. The minimum absolute atomic E-state index is 0.00147. The second-order valence-electron chi connectivity index (χ2n) is 5.72. The molecule has 1 aromatic carbocycles. The molecule has 0 bridgehead atoms. The largest absolute Gasteiger partial charge is 0.484 e. The Morgan fingerprint density at radius 2 is 1.84 bits per heavy atom. The summed E-state index contributed by atoms with van der Waals surface area (Å²) in [5.41, 5.74) is 0. The summed E-state index contributed by atoms with van der Waals surface area (Å²) in [6, 6.07) is 7.07. The number of aromatic nitrogens is 2. The van der Waals surface area contributed by atoms with Gasteiger partial charge in [-0.05, 0) is 18.2 Å². The second-order valence-corrected chi connectivity index (χ2v) is 5.72. The SMILES string of the molecule is O=C(COc1ccc2c(c1)OCO2)N1CCN(c2ncccn2)CC1. The molecule has 130 valence electrons. The van der Waals surface area contributed by atoms with Crippen LogP contribution in [-0.4, -0.2) is 60.4 Å². The summed E-state index contributed by atoms with van der Waals surface area (Å²) < 4.78 is 16.1. The van der Waals surface area contributed by atoms with Crippen molar-refractivity contribution in [2.75, 3.05) is 44.5 Å². The van der Waals surface area contributed by atoms with Gasteiger partial charge in [-0.1, -0.05) is 0 Å². The molecule has 2 aromatic rings. The molecule has 1 amide bonds. The van der Waals surface area contributed by atoms with E-state index in [2.05, 4.69) is 14.9 Å². The lowest BCUT2D eigenvalue weighted by Crippen LogP contribution is -2.50. The van der Waals surface area contributed by atoms with E-state index < -0.39 is 0 Å². The van der Waals surface area contributed by atoms with Gasteiger partial charge in [0.1, 0.15) is 5.75 Å². The lowest BCUT2D eigenvalue weighted by molar-refractivity contribution is -0.133. The van der Waals surface area contributed by atoms with E-state index in [1.807, 2.05) is 0 Å². The predicted molar refractivity (Wildman–Crippen MR) is 88.9 cm³/mol. The number of carbonyl (C=O) groups excluding carboxylic acids is 1. The van der Waals surface area contributed by atoms with Crippen molar-refractivity contribution in [1.29, 1.82) is 0 Å². The molecule has 1 fully saturated rings. The van der Waals surface area contributed by atoms with Crippen LogP contribution < -0.4 is 19.1 Å². The lowest BCUT2D eigenvalue weighted by atomic mass is 10.3.